The van der Waals surface area contributed by atoms with Crippen LogP contribution in [0, 0.1) is 0 Å². The van der Waals surface area contributed by atoms with Crippen LogP contribution in [0.3, 0.4) is 0 Å². The highest BCUT2D eigenvalue weighted by Gasteiger charge is 2.25. The molecule has 8 aromatic carbocycles. The zero-order chi connectivity index (χ0) is 37.3. The summed E-state index contributed by atoms with van der Waals surface area (Å²) in [6, 6.07) is 70.1. The minimum Gasteiger partial charge on any atom is -0.374 e. The zero-order valence-electron chi connectivity index (χ0n) is 30.5. The molecule has 1 atom stereocenters. The molecule has 0 radical (unpaired) electrons. The summed E-state index contributed by atoms with van der Waals surface area (Å²) in [5, 5.41) is 6.30. The second kappa shape index (κ2) is 14.4. The van der Waals surface area contributed by atoms with E-state index in [4.69, 9.17) is 15.0 Å². The molecule has 1 aromatic heterocycles. The Hall–Kier alpha value is -7.43. The molecule has 0 bridgehead atoms. The molecule has 1 N–H and O–H groups in total. The number of nitrogens with zero attached hydrogens (tertiary/aromatic N) is 3. The Kier molecular flexibility index (Phi) is 8.54. The average Bonchev–Trinajstić information content (AvgIpc) is 3.29. The van der Waals surface area contributed by atoms with Crippen molar-refractivity contribution in [2.45, 2.75) is 6.04 Å². The Labute approximate surface area is 326 Å². The standard InChI is InChI=1S/C52H36N4/c1-5-17-35(18-6-1)39-25-15-27-41(31-39)51-54-50(38-23-11-4-12-24-38)55-52(56-51)42-28-16-26-40(32-42)45-33-48-49(44-30-14-13-29-43(44)45)46(36-19-7-2-8-20-36)34-47(53-48)37-21-9-3-10-22-37/h1-34,47,53H. The van der Waals surface area contributed by atoms with Crippen molar-refractivity contribution in [3.8, 4) is 56.4 Å². The zero-order valence-corrected chi connectivity index (χ0v) is 30.5. The van der Waals surface area contributed by atoms with Crippen molar-refractivity contribution >= 4 is 22.0 Å². The first-order chi connectivity index (χ1) is 27.7. The van der Waals surface area contributed by atoms with Crippen molar-refractivity contribution in [1.82, 2.24) is 15.0 Å². The van der Waals surface area contributed by atoms with Gasteiger partial charge < -0.3 is 5.32 Å². The van der Waals surface area contributed by atoms with E-state index < -0.39 is 0 Å². The number of hydrogen-bond acceptors (Lipinski definition) is 4. The molecule has 10 rings (SSSR count). The van der Waals surface area contributed by atoms with Gasteiger partial charge in [0.15, 0.2) is 17.5 Å². The monoisotopic (exact) mass is 716 g/mol. The molecule has 0 saturated heterocycles. The van der Waals surface area contributed by atoms with Crippen LogP contribution in [-0.4, -0.2) is 15.0 Å². The molecule has 0 aliphatic carbocycles. The van der Waals surface area contributed by atoms with E-state index in [1.165, 1.54) is 33.0 Å². The molecule has 4 nitrogen and oxygen atoms in total. The van der Waals surface area contributed by atoms with Crippen LogP contribution in [0.1, 0.15) is 22.7 Å². The van der Waals surface area contributed by atoms with Crippen LogP contribution in [0.25, 0.3) is 72.8 Å². The van der Waals surface area contributed by atoms with E-state index in [-0.39, 0.29) is 6.04 Å². The van der Waals surface area contributed by atoms with Crippen molar-refractivity contribution in [1.29, 1.82) is 0 Å². The highest BCUT2D eigenvalue weighted by atomic mass is 15.0. The van der Waals surface area contributed by atoms with Gasteiger partial charge in [-0.2, -0.15) is 0 Å². The van der Waals surface area contributed by atoms with E-state index in [1.807, 2.05) is 36.4 Å². The van der Waals surface area contributed by atoms with Gasteiger partial charge in [0, 0.05) is 27.9 Å². The highest BCUT2D eigenvalue weighted by molar-refractivity contribution is 6.10. The molecular formula is C52H36N4. The van der Waals surface area contributed by atoms with Gasteiger partial charge in [-0.05, 0) is 74.0 Å². The van der Waals surface area contributed by atoms with Gasteiger partial charge in [-0.25, -0.2) is 15.0 Å². The number of rotatable bonds is 7. The fourth-order valence-electron chi connectivity index (χ4n) is 7.82. The van der Waals surface area contributed by atoms with E-state index in [1.54, 1.807) is 0 Å². The number of hydrogen-bond donors (Lipinski definition) is 1. The second-order valence-electron chi connectivity index (χ2n) is 14.1. The van der Waals surface area contributed by atoms with Gasteiger partial charge in [-0.3, -0.25) is 0 Å². The lowest BCUT2D eigenvalue weighted by molar-refractivity contribution is 0.975. The van der Waals surface area contributed by atoms with Crippen molar-refractivity contribution in [3.05, 3.63) is 223 Å². The third kappa shape index (κ3) is 6.33. The van der Waals surface area contributed by atoms with Crippen molar-refractivity contribution in [2.24, 2.45) is 0 Å². The summed E-state index contributed by atoms with van der Waals surface area (Å²) >= 11 is 0. The average molecular weight is 717 g/mol. The normalized spacial score (nSPS) is 13.4. The van der Waals surface area contributed by atoms with E-state index in [0.717, 1.165) is 44.6 Å². The predicted molar refractivity (Wildman–Crippen MR) is 231 cm³/mol. The number of anilines is 1. The fraction of sp³-hybridized carbons (Fsp3) is 0.0192. The molecule has 9 aromatic rings. The summed E-state index contributed by atoms with van der Waals surface area (Å²) in [6.45, 7) is 0. The molecule has 0 fully saturated rings. The largest absolute Gasteiger partial charge is 0.374 e. The molecule has 264 valence electrons. The molecule has 1 aliphatic heterocycles. The fourth-order valence-corrected chi connectivity index (χ4v) is 7.82. The molecule has 0 saturated carbocycles. The topological polar surface area (TPSA) is 50.7 Å². The Morgan fingerprint density at radius 3 is 1.46 bits per heavy atom. The first kappa shape index (κ1) is 33.2. The summed E-state index contributed by atoms with van der Waals surface area (Å²) in [7, 11) is 0. The number of fused-ring (bicyclic) bond motifs is 3. The molecule has 0 spiro atoms. The maximum Gasteiger partial charge on any atom is 0.164 e. The maximum absolute atomic E-state index is 5.15. The number of nitrogens with one attached hydrogen (secondary N) is 1. The van der Waals surface area contributed by atoms with E-state index in [9.17, 15) is 0 Å². The van der Waals surface area contributed by atoms with Gasteiger partial charge in [-0.15, -0.1) is 0 Å². The van der Waals surface area contributed by atoms with Crippen LogP contribution in [0.4, 0.5) is 5.69 Å². The molecule has 4 heteroatoms. The van der Waals surface area contributed by atoms with Crippen LogP contribution in [0.2, 0.25) is 0 Å². The van der Waals surface area contributed by atoms with Gasteiger partial charge in [0.2, 0.25) is 0 Å². The van der Waals surface area contributed by atoms with E-state index in [0.29, 0.717) is 17.5 Å². The summed E-state index contributed by atoms with van der Waals surface area (Å²) in [4.78, 5) is 15.3. The van der Waals surface area contributed by atoms with Gasteiger partial charge in [-0.1, -0.05) is 182 Å². The smallest absolute Gasteiger partial charge is 0.164 e. The van der Waals surface area contributed by atoms with Crippen molar-refractivity contribution in [3.63, 3.8) is 0 Å². The van der Waals surface area contributed by atoms with Crippen LogP contribution in [0.5, 0.6) is 0 Å². The van der Waals surface area contributed by atoms with Gasteiger partial charge in [0.25, 0.3) is 0 Å². The lowest BCUT2D eigenvalue weighted by Gasteiger charge is -2.29. The number of aromatic nitrogens is 3. The van der Waals surface area contributed by atoms with Crippen molar-refractivity contribution in [2.75, 3.05) is 5.32 Å². The summed E-state index contributed by atoms with van der Waals surface area (Å²) in [5.41, 5.74) is 13.2. The molecule has 2 heterocycles. The third-order valence-electron chi connectivity index (χ3n) is 10.5. The Morgan fingerprint density at radius 2 is 0.821 bits per heavy atom. The Bertz CT molecular complexity index is 2870. The molecule has 0 amide bonds. The molecule has 1 aliphatic rings. The van der Waals surface area contributed by atoms with Gasteiger partial charge >= 0.3 is 0 Å². The number of benzene rings is 8. The predicted octanol–water partition coefficient (Wildman–Crippen LogP) is 13.0. The third-order valence-corrected chi connectivity index (χ3v) is 10.5. The quantitative estimate of drug-likeness (QED) is 0.178. The van der Waals surface area contributed by atoms with Gasteiger partial charge in [0.1, 0.15) is 0 Å². The molecule has 56 heavy (non-hydrogen) atoms. The highest BCUT2D eigenvalue weighted by Crippen LogP contribution is 2.46. The maximum atomic E-state index is 5.15. The van der Waals surface area contributed by atoms with Gasteiger partial charge in [0.05, 0.1) is 6.04 Å². The summed E-state index contributed by atoms with van der Waals surface area (Å²) < 4.78 is 0. The van der Waals surface area contributed by atoms with Crippen molar-refractivity contribution < 1.29 is 0 Å². The lowest BCUT2D eigenvalue weighted by Crippen LogP contribution is -2.15. The summed E-state index contributed by atoms with van der Waals surface area (Å²) in [5.74, 6) is 1.89. The Balaban J connectivity index is 1.12. The second-order valence-corrected chi connectivity index (χ2v) is 14.1. The first-order valence-corrected chi connectivity index (χ1v) is 19.0. The molecular weight excluding hydrogens is 681 g/mol. The van der Waals surface area contributed by atoms with E-state index >= 15 is 0 Å². The molecule has 1 unspecified atom stereocenters. The SMILES string of the molecule is C1=C(c2ccccc2)c2c(cc(-c3cccc(-c4nc(-c5ccccc5)nc(-c5cccc(-c6ccccc6)c5)n4)c3)c3ccccc23)NC1c1ccccc1. The van der Waals surface area contributed by atoms with Crippen LogP contribution >= 0.6 is 0 Å². The first-order valence-electron chi connectivity index (χ1n) is 19.0. The minimum atomic E-state index is 0.0136. The van der Waals surface area contributed by atoms with Crippen LogP contribution in [0.15, 0.2) is 206 Å². The minimum absolute atomic E-state index is 0.0136. The lowest BCUT2D eigenvalue weighted by atomic mass is 9.84. The van der Waals surface area contributed by atoms with E-state index in [2.05, 4.69) is 175 Å². The van der Waals surface area contributed by atoms with Crippen LogP contribution < -0.4 is 5.32 Å². The van der Waals surface area contributed by atoms with Crippen LogP contribution in [-0.2, 0) is 0 Å². The summed E-state index contributed by atoms with van der Waals surface area (Å²) in [6.07, 6.45) is 2.37. The Morgan fingerprint density at radius 1 is 0.357 bits per heavy atom.